The molecule has 19 heavy (non-hydrogen) atoms. The molecule has 1 nitrogen and oxygen atoms in total. The topological polar surface area (TPSA) is 12.0 Å². The van der Waals surface area contributed by atoms with Crippen LogP contribution >= 0.6 is 15.9 Å². The lowest BCUT2D eigenvalue weighted by Gasteiger charge is -2.16. The highest BCUT2D eigenvalue weighted by molar-refractivity contribution is 9.10. The fraction of sp³-hybridized carbons (Fsp3) is 0.250. The summed E-state index contributed by atoms with van der Waals surface area (Å²) in [7, 11) is 0. The van der Waals surface area contributed by atoms with E-state index in [1.165, 1.54) is 11.6 Å². The lowest BCUT2D eigenvalue weighted by Crippen LogP contribution is -2.08. The highest BCUT2D eigenvalue weighted by atomic mass is 79.9. The maximum absolute atomic E-state index is 13.8. The number of anilines is 1. The minimum absolute atomic E-state index is 0.0709. The number of hydrogen-bond donors (Lipinski definition) is 1. The molecule has 0 amide bonds. The van der Waals surface area contributed by atoms with E-state index in [-0.39, 0.29) is 11.9 Å². The molecule has 0 aliphatic rings. The fourth-order valence-electron chi connectivity index (χ4n) is 1.97. The smallest absolute Gasteiger partial charge is 0.147 e. The zero-order valence-corrected chi connectivity index (χ0v) is 12.7. The molecule has 3 heteroatoms. The van der Waals surface area contributed by atoms with Gasteiger partial charge in [0.1, 0.15) is 5.82 Å². The van der Waals surface area contributed by atoms with Crippen molar-refractivity contribution in [3.8, 4) is 0 Å². The highest BCUT2D eigenvalue weighted by Crippen LogP contribution is 2.24. The van der Waals surface area contributed by atoms with Gasteiger partial charge in [-0.2, -0.15) is 0 Å². The van der Waals surface area contributed by atoms with Gasteiger partial charge in [0, 0.05) is 10.5 Å². The third-order valence-electron chi connectivity index (χ3n) is 3.19. The van der Waals surface area contributed by atoms with Gasteiger partial charge in [-0.05, 0) is 42.7 Å². The van der Waals surface area contributed by atoms with Crippen molar-refractivity contribution in [2.45, 2.75) is 26.3 Å². The van der Waals surface area contributed by atoms with Crippen molar-refractivity contribution in [1.29, 1.82) is 0 Å². The van der Waals surface area contributed by atoms with Crippen LogP contribution in [-0.2, 0) is 6.42 Å². The molecule has 0 spiro atoms. The van der Waals surface area contributed by atoms with E-state index >= 15 is 0 Å². The molecule has 0 fully saturated rings. The van der Waals surface area contributed by atoms with Crippen molar-refractivity contribution >= 4 is 21.6 Å². The first-order valence-corrected chi connectivity index (χ1v) is 7.20. The zero-order valence-electron chi connectivity index (χ0n) is 11.1. The van der Waals surface area contributed by atoms with Gasteiger partial charge in [-0.25, -0.2) is 4.39 Å². The molecule has 1 unspecified atom stereocenters. The molecule has 0 aliphatic heterocycles. The van der Waals surface area contributed by atoms with E-state index < -0.39 is 0 Å². The molecule has 0 bridgehead atoms. The second-order valence-corrected chi connectivity index (χ2v) is 5.50. The first-order valence-electron chi connectivity index (χ1n) is 6.40. The van der Waals surface area contributed by atoms with Gasteiger partial charge < -0.3 is 5.32 Å². The van der Waals surface area contributed by atoms with Crippen LogP contribution in [0.1, 0.15) is 31.0 Å². The van der Waals surface area contributed by atoms with Crippen LogP contribution in [0.5, 0.6) is 0 Å². The molecule has 0 heterocycles. The summed E-state index contributed by atoms with van der Waals surface area (Å²) < 4.78 is 14.5. The lowest BCUT2D eigenvalue weighted by molar-refractivity contribution is 0.626. The van der Waals surface area contributed by atoms with Gasteiger partial charge in [-0.3, -0.25) is 0 Å². The van der Waals surface area contributed by atoms with Crippen molar-refractivity contribution in [2.24, 2.45) is 0 Å². The van der Waals surface area contributed by atoms with Crippen molar-refractivity contribution in [3.63, 3.8) is 0 Å². The Morgan fingerprint density at radius 1 is 1.16 bits per heavy atom. The molecule has 1 N–H and O–H groups in total. The van der Waals surface area contributed by atoms with Crippen molar-refractivity contribution < 1.29 is 4.39 Å². The molecule has 0 saturated carbocycles. The summed E-state index contributed by atoms with van der Waals surface area (Å²) in [5.74, 6) is -0.244. The molecule has 1 atom stereocenters. The van der Waals surface area contributed by atoms with Crippen LogP contribution in [0.4, 0.5) is 10.1 Å². The van der Waals surface area contributed by atoms with Crippen LogP contribution < -0.4 is 5.32 Å². The van der Waals surface area contributed by atoms with Gasteiger partial charge >= 0.3 is 0 Å². The van der Waals surface area contributed by atoms with E-state index in [0.29, 0.717) is 5.69 Å². The van der Waals surface area contributed by atoms with Gasteiger partial charge in [0.15, 0.2) is 0 Å². The summed E-state index contributed by atoms with van der Waals surface area (Å²) in [5.41, 5.74) is 2.99. The SMILES string of the molecule is CCc1ccc(C(C)Nc2ccc(Br)cc2F)cc1. The monoisotopic (exact) mass is 321 g/mol. The first kappa shape index (κ1) is 14.1. The molecule has 2 aromatic rings. The van der Waals surface area contributed by atoms with E-state index in [9.17, 15) is 4.39 Å². The molecule has 100 valence electrons. The summed E-state index contributed by atoms with van der Waals surface area (Å²) in [6.45, 7) is 4.16. The molecule has 2 aromatic carbocycles. The summed E-state index contributed by atoms with van der Waals surface area (Å²) in [6, 6.07) is 13.5. The molecule has 0 aliphatic carbocycles. The Morgan fingerprint density at radius 2 is 1.84 bits per heavy atom. The molecule has 0 radical (unpaired) electrons. The molecule has 0 aromatic heterocycles. The minimum atomic E-state index is -0.244. The Bertz CT molecular complexity index is 551. The summed E-state index contributed by atoms with van der Waals surface area (Å²) in [4.78, 5) is 0. The number of rotatable bonds is 4. The van der Waals surface area contributed by atoms with E-state index in [0.717, 1.165) is 16.5 Å². The normalized spacial score (nSPS) is 12.2. The maximum Gasteiger partial charge on any atom is 0.147 e. The number of halogens is 2. The van der Waals surface area contributed by atoms with Crippen LogP contribution in [0.3, 0.4) is 0 Å². The molecule has 2 rings (SSSR count). The second-order valence-electron chi connectivity index (χ2n) is 4.59. The Morgan fingerprint density at radius 3 is 2.42 bits per heavy atom. The quantitative estimate of drug-likeness (QED) is 0.803. The Balaban J connectivity index is 2.13. The van der Waals surface area contributed by atoms with Gasteiger partial charge in [0.25, 0.3) is 0 Å². The Kier molecular flexibility index (Phi) is 4.59. The Hall–Kier alpha value is -1.35. The predicted molar refractivity (Wildman–Crippen MR) is 82.0 cm³/mol. The standard InChI is InChI=1S/C16H17BrFN/c1-3-12-4-6-13(7-5-12)11(2)19-16-9-8-14(17)10-15(16)18/h4-11,19H,3H2,1-2H3. The fourth-order valence-corrected chi connectivity index (χ4v) is 2.30. The summed E-state index contributed by atoms with van der Waals surface area (Å²) in [6.07, 6.45) is 1.03. The van der Waals surface area contributed by atoms with E-state index in [1.807, 2.05) is 13.0 Å². The second kappa shape index (κ2) is 6.20. The molecular formula is C16H17BrFN. The van der Waals surface area contributed by atoms with Crippen LogP contribution in [0, 0.1) is 5.82 Å². The minimum Gasteiger partial charge on any atom is -0.376 e. The Labute approximate surface area is 122 Å². The average molecular weight is 322 g/mol. The average Bonchev–Trinajstić information content (AvgIpc) is 2.42. The largest absolute Gasteiger partial charge is 0.376 e. The summed E-state index contributed by atoms with van der Waals surface area (Å²) >= 11 is 3.26. The first-order chi connectivity index (χ1) is 9.10. The number of benzene rings is 2. The van der Waals surface area contributed by atoms with Gasteiger partial charge in [-0.15, -0.1) is 0 Å². The lowest BCUT2D eigenvalue weighted by atomic mass is 10.0. The number of nitrogens with one attached hydrogen (secondary N) is 1. The van der Waals surface area contributed by atoms with Gasteiger partial charge in [-0.1, -0.05) is 47.1 Å². The van der Waals surface area contributed by atoms with Crippen LogP contribution in [-0.4, -0.2) is 0 Å². The van der Waals surface area contributed by atoms with Crippen molar-refractivity contribution in [3.05, 3.63) is 63.9 Å². The number of hydrogen-bond acceptors (Lipinski definition) is 1. The van der Waals surface area contributed by atoms with Crippen LogP contribution in [0.25, 0.3) is 0 Å². The number of aryl methyl sites for hydroxylation is 1. The maximum atomic E-state index is 13.8. The van der Waals surface area contributed by atoms with Crippen LogP contribution in [0.15, 0.2) is 46.9 Å². The summed E-state index contributed by atoms with van der Waals surface area (Å²) in [5, 5.41) is 3.20. The van der Waals surface area contributed by atoms with E-state index in [1.54, 1.807) is 6.07 Å². The molecular weight excluding hydrogens is 305 g/mol. The van der Waals surface area contributed by atoms with Crippen molar-refractivity contribution in [1.82, 2.24) is 0 Å². The third-order valence-corrected chi connectivity index (χ3v) is 3.68. The highest BCUT2D eigenvalue weighted by Gasteiger charge is 2.08. The van der Waals surface area contributed by atoms with E-state index in [4.69, 9.17) is 0 Å². The van der Waals surface area contributed by atoms with Crippen molar-refractivity contribution in [2.75, 3.05) is 5.32 Å². The third kappa shape index (κ3) is 3.57. The van der Waals surface area contributed by atoms with Gasteiger partial charge in [0.05, 0.1) is 5.69 Å². The predicted octanol–water partition coefficient (Wildman–Crippen LogP) is 5.32. The van der Waals surface area contributed by atoms with E-state index in [2.05, 4.69) is 52.4 Å². The van der Waals surface area contributed by atoms with Gasteiger partial charge in [0.2, 0.25) is 0 Å². The van der Waals surface area contributed by atoms with Crippen LogP contribution in [0.2, 0.25) is 0 Å². The zero-order chi connectivity index (χ0) is 13.8. The molecule has 0 saturated heterocycles.